The fourth-order valence-electron chi connectivity index (χ4n) is 3.00. The quantitative estimate of drug-likeness (QED) is 0.435. The molecule has 0 saturated heterocycles. The normalized spacial score (nSPS) is 11.2. The Morgan fingerprint density at radius 2 is 1.93 bits per heavy atom. The van der Waals surface area contributed by atoms with Crippen LogP contribution in [0, 0.1) is 4.77 Å². The zero-order valence-electron chi connectivity index (χ0n) is 15.2. The zero-order valence-corrected chi connectivity index (χ0v) is 16.0. The third kappa shape index (κ3) is 3.59. The molecule has 0 aliphatic rings. The highest BCUT2D eigenvalue weighted by atomic mass is 32.1. The molecule has 0 spiro atoms. The molecule has 136 valence electrons. The van der Waals surface area contributed by atoms with Gasteiger partial charge in [-0.3, -0.25) is 10.1 Å². The molecule has 0 amide bonds. The number of nitrogens with one attached hydrogen (secondary N) is 3. The van der Waals surface area contributed by atoms with Crippen LogP contribution in [0.4, 0.5) is 5.82 Å². The zero-order chi connectivity index (χ0) is 18.8. The van der Waals surface area contributed by atoms with Crippen LogP contribution in [0.15, 0.2) is 48.7 Å². The first-order valence-corrected chi connectivity index (χ1v) is 9.25. The minimum atomic E-state index is 0.315. The lowest BCUT2D eigenvalue weighted by molar-refractivity contribution is 0.815. The molecule has 4 rings (SSSR count). The molecule has 6 nitrogen and oxygen atoms in total. The van der Waals surface area contributed by atoms with Crippen LogP contribution < -0.4 is 5.32 Å². The van der Waals surface area contributed by atoms with Crippen LogP contribution in [0.2, 0.25) is 0 Å². The van der Waals surface area contributed by atoms with Crippen molar-refractivity contribution in [2.45, 2.75) is 26.3 Å². The second-order valence-electron chi connectivity index (χ2n) is 6.67. The summed E-state index contributed by atoms with van der Waals surface area (Å²) in [6.45, 7) is 4.86. The summed E-state index contributed by atoms with van der Waals surface area (Å²) in [5.41, 5.74) is 5.92. The summed E-state index contributed by atoms with van der Waals surface area (Å²) in [5, 5.41) is 10.9. The fraction of sp³-hybridized carbons (Fsp3) is 0.200. The molecule has 3 heterocycles. The van der Waals surface area contributed by atoms with Gasteiger partial charge in [0.25, 0.3) is 0 Å². The number of rotatable bonds is 5. The van der Waals surface area contributed by atoms with Crippen molar-refractivity contribution in [2.24, 2.45) is 0 Å². The number of aromatic nitrogens is 5. The van der Waals surface area contributed by atoms with E-state index in [0.29, 0.717) is 23.1 Å². The van der Waals surface area contributed by atoms with Gasteiger partial charge in [-0.05, 0) is 35.8 Å². The highest BCUT2D eigenvalue weighted by Crippen LogP contribution is 2.25. The molecule has 7 heteroatoms. The van der Waals surface area contributed by atoms with Crippen molar-refractivity contribution in [2.75, 3.05) is 5.32 Å². The van der Waals surface area contributed by atoms with Gasteiger partial charge in [-0.1, -0.05) is 44.2 Å². The first-order valence-electron chi connectivity index (χ1n) is 8.84. The Balaban J connectivity index is 1.56. The summed E-state index contributed by atoms with van der Waals surface area (Å²) in [5.74, 6) is 1.00. The standard InChI is InChI=1S/C20H20N6S/c1-12(2)16-17-18(26-25-16)19(24-20(27)23-17)22-11-13-6-8-14(9-7-13)15-5-3-4-10-21-15/h3-10,12H,11H2,1-2H3,(H,25,26)(H2,22,23,24,27). The van der Waals surface area contributed by atoms with E-state index >= 15 is 0 Å². The lowest BCUT2D eigenvalue weighted by Gasteiger charge is -2.08. The number of benzene rings is 1. The lowest BCUT2D eigenvalue weighted by atomic mass is 10.1. The van der Waals surface area contributed by atoms with Crippen molar-refractivity contribution >= 4 is 29.1 Å². The van der Waals surface area contributed by atoms with Gasteiger partial charge in [-0.25, -0.2) is 4.98 Å². The average Bonchev–Trinajstić information content (AvgIpc) is 3.11. The summed E-state index contributed by atoms with van der Waals surface area (Å²) in [4.78, 5) is 11.9. The summed E-state index contributed by atoms with van der Waals surface area (Å²) in [6, 6.07) is 14.2. The predicted molar refractivity (Wildman–Crippen MR) is 110 cm³/mol. The third-order valence-electron chi connectivity index (χ3n) is 4.42. The maximum atomic E-state index is 5.29. The highest BCUT2D eigenvalue weighted by molar-refractivity contribution is 7.71. The number of aromatic amines is 2. The number of H-pyrrole nitrogens is 2. The Labute approximate surface area is 162 Å². The molecule has 0 aliphatic heterocycles. The molecule has 0 saturated carbocycles. The van der Waals surface area contributed by atoms with Gasteiger partial charge in [-0.2, -0.15) is 5.10 Å². The molecule has 4 aromatic rings. The summed E-state index contributed by atoms with van der Waals surface area (Å²) < 4.78 is 0.443. The average molecular weight is 376 g/mol. The topological polar surface area (TPSA) is 82.3 Å². The van der Waals surface area contributed by atoms with Crippen molar-refractivity contribution in [3.8, 4) is 11.3 Å². The van der Waals surface area contributed by atoms with E-state index in [9.17, 15) is 0 Å². The van der Waals surface area contributed by atoms with E-state index in [1.54, 1.807) is 6.20 Å². The molecular formula is C20H20N6S. The largest absolute Gasteiger partial charge is 0.364 e. The van der Waals surface area contributed by atoms with Crippen LogP contribution in [0.3, 0.4) is 0 Å². The van der Waals surface area contributed by atoms with E-state index in [0.717, 1.165) is 33.5 Å². The van der Waals surface area contributed by atoms with E-state index in [-0.39, 0.29) is 0 Å². The van der Waals surface area contributed by atoms with Crippen molar-refractivity contribution < 1.29 is 0 Å². The van der Waals surface area contributed by atoms with Crippen molar-refractivity contribution in [3.05, 3.63) is 64.7 Å². The molecule has 0 fully saturated rings. The Hall–Kier alpha value is -3.06. The molecule has 0 radical (unpaired) electrons. The van der Waals surface area contributed by atoms with E-state index in [2.05, 4.69) is 68.6 Å². The van der Waals surface area contributed by atoms with Gasteiger partial charge >= 0.3 is 0 Å². The molecule has 27 heavy (non-hydrogen) atoms. The van der Waals surface area contributed by atoms with Crippen LogP contribution in [-0.2, 0) is 6.54 Å². The van der Waals surface area contributed by atoms with Crippen LogP contribution in [0.25, 0.3) is 22.3 Å². The lowest BCUT2D eigenvalue weighted by Crippen LogP contribution is -2.03. The van der Waals surface area contributed by atoms with Crippen LogP contribution in [-0.4, -0.2) is 25.1 Å². The highest BCUT2D eigenvalue weighted by Gasteiger charge is 2.14. The van der Waals surface area contributed by atoms with E-state index < -0.39 is 0 Å². The summed E-state index contributed by atoms with van der Waals surface area (Å²) in [6.07, 6.45) is 1.80. The van der Waals surface area contributed by atoms with Gasteiger partial charge in [0.2, 0.25) is 0 Å². The molecule has 3 aromatic heterocycles. The van der Waals surface area contributed by atoms with E-state index in [1.165, 1.54) is 0 Å². The Bertz CT molecular complexity index is 1110. The molecule has 0 atom stereocenters. The Kier molecular flexibility index (Phi) is 4.68. The van der Waals surface area contributed by atoms with E-state index in [1.807, 2.05) is 18.2 Å². The van der Waals surface area contributed by atoms with Crippen molar-refractivity contribution in [3.63, 3.8) is 0 Å². The molecule has 0 unspecified atom stereocenters. The van der Waals surface area contributed by atoms with E-state index in [4.69, 9.17) is 12.2 Å². The van der Waals surface area contributed by atoms with Gasteiger partial charge in [0, 0.05) is 18.3 Å². The smallest absolute Gasteiger partial charge is 0.199 e. The summed E-state index contributed by atoms with van der Waals surface area (Å²) in [7, 11) is 0. The molecule has 0 aliphatic carbocycles. The molecule has 3 N–H and O–H groups in total. The minimum absolute atomic E-state index is 0.315. The molecule has 1 aromatic carbocycles. The van der Waals surface area contributed by atoms with Crippen LogP contribution in [0.1, 0.15) is 31.0 Å². The maximum absolute atomic E-state index is 5.29. The molecule has 0 bridgehead atoms. The van der Waals surface area contributed by atoms with Gasteiger partial charge in [0.1, 0.15) is 0 Å². The fourth-order valence-corrected chi connectivity index (χ4v) is 3.19. The monoisotopic (exact) mass is 376 g/mol. The van der Waals surface area contributed by atoms with Gasteiger partial charge in [0.15, 0.2) is 16.1 Å². The minimum Gasteiger partial charge on any atom is -0.364 e. The third-order valence-corrected chi connectivity index (χ3v) is 4.61. The first kappa shape index (κ1) is 17.4. The number of nitrogens with zero attached hydrogens (tertiary/aromatic N) is 3. The predicted octanol–water partition coefficient (Wildman–Crippen LogP) is 4.81. The maximum Gasteiger partial charge on any atom is 0.199 e. The van der Waals surface area contributed by atoms with Crippen molar-refractivity contribution in [1.82, 2.24) is 25.1 Å². The Morgan fingerprint density at radius 1 is 1.11 bits per heavy atom. The second-order valence-corrected chi connectivity index (χ2v) is 7.06. The number of fused-ring (bicyclic) bond motifs is 1. The second kappa shape index (κ2) is 7.28. The SMILES string of the molecule is CC(C)c1[nH]nc2c(NCc3ccc(-c4ccccn4)cc3)nc(=S)[nH]c12. The number of anilines is 1. The van der Waals surface area contributed by atoms with Crippen LogP contribution >= 0.6 is 12.2 Å². The first-order chi connectivity index (χ1) is 13.1. The van der Waals surface area contributed by atoms with Gasteiger partial charge in [-0.15, -0.1) is 0 Å². The van der Waals surface area contributed by atoms with Gasteiger partial charge in [0.05, 0.1) is 16.9 Å². The Morgan fingerprint density at radius 3 is 2.63 bits per heavy atom. The number of hydrogen-bond acceptors (Lipinski definition) is 5. The summed E-state index contributed by atoms with van der Waals surface area (Å²) >= 11 is 5.29. The number of pyridine rings is 1. The van der Waals surface area contributed by atoms with Crippen LogP contribution in [0.5, 0.6) is 0 Å². The van der Waals surface area contributed by atoms with Gasteiger partial charge < -0.3 is 10.3 Å². The van der Waals surface area contributed by atoms with Crippen molar-refractivity contribution in [1.29, 1.82) is 0 Å². The molecular weight excluding hydrogens is 356 g/mol. The number of hydrogen-bond donors (Lipinski definition) is 3.